The molecule has 8 nitrogen and oxygen atoms in total. The zero-order chi connectivity index (χ0) is 21.4. The Balaban J connectivity index is 1.52. The van der Waals surface area contributed by atoms with E-state index in [-0.39, 0.29) is 24.4 Å². The highest BCUT2D eigenvalue weighted by Gasteiger charge is 2.18. The van der Waals surface area contributed by atoms with E-state index in [1.54, 1.807) is 0 Å². The molecule has 166 valence electrons. The van der Waals surface area contributed by atoms with E-state index >= 15 is 0 Å². The average molecular weight is 437 g/mol. The van der Waals surface area contributed by atoms with E-state index in [0.717, 1.165) is 36.0 Å². The van der Waals surface area contributed by atoms with Gasteiger partial charge in [-0.3, -0.25) is 4.99 Å². The van der Waals surface area contributed by atoms with Gasteiger partial charge in [-0.1, -0.05) is 18.2 Å². The number of fused-ring (bicyclic) bond motifs is 1. The van der Waals surface area contributed by atoms with Crippen molar-refractivity contribution in [3.8, 4) is 0 Å². The number of ether oxygens (including phenoxy) is 1. The lowest BCUT2D eigenvalue weighted by Gasteiger charge is -2.22. The minimum absolute atomic E-state index is 0.0272. The smallest absolute Gasteiger partial charge is 0.213 e. The van der Waals surface area contributed by atoms with E-state index in [2.05, 4.69) is 20.3 Å². The van der Waals surface area contributed by atoms with Crippen LogP contribution in [0.25, 0.3) is 11.0 Å². The molecule has 1 aliphatic heterocycles. The number of aliphatic imine (C=N–C) groups is 1. The van der Waals surface area contributed by atoms with Crippen LogP contribution in [0.15, 0.2) is 39.7 Å². The van der Waals surface area contributed by atoms with E-state index in [9.17, 15) is 8.42 Å². The SMILES string of the molecule is CCNC(=NCCS(=O)(=O)NCC1CCCCO1)NC(C)c1cc2ccccc2o1. The van der Waals surface area contributed by atoms with E-state index in [1.807, 2.05) is 44.2 Å². The second kappa shape index (κ2) is 10.8. The number of nitrogens with one attached hydrogen (secondary N) is 3. The molecule has 0 spiro atoms. The quantitative estimate of drug-likeness (QED) is 0.412. The lowest BCUT2D eigenvalue weighted by Crippen LogP contribution is -2.40. The Labute approximate surface area is 178 Å². The molecule has 1 aliphatic rings. The van der Waals surface area contributed by atoms with Crippen molar-refractivity contribution in [1.82, 2.24) is 15.4 Å². The Kier molecular flexibility index (Phi) is 8.12. The molecule has 2 unspecified atom stereocenters. The number of guanidine groups is 1. The summed E-state index contributed by atoms with van der Waals surface area (Å²) in [7, 11) is -3.40. The summed E-state index contributed by atoms with van der Waals surface area (Å²) in [6, 6.07) is 9.73. The van der Waals surface area contributed by atoms with E-state index in [4.69, 9.17) is 9.15 Å². The molecule has 0 saturated carbocycles. The summed E-state index contributed by atoms with van der Waals surface area (Å²) in [5.41, 5.74) is 0.835. The monoisotopic (exact) mass is 436 g/mol. The predicted octanol–water partition coefficient (Wildman–Crippen LogP) is 2.54. The summed E-state index contributed by atoms with van der Waals surface area (Å²) in [5.74, 6) is 1.27. The first-order chi connectivity index (χ1) is 14.5. The number of sulfonamides is 1. The number of hydrogen-bond donors (Lipinski definition) is 3. The fourth-order valence-corrected chi connectivity index (χ4v) is 4.27. The Morgan fingerprint density at radius 2 is 2.13 bits per heavy atom. The number of furan rings is 1. The first kappa shape index (κ1) is 22.6. The first-order valence-corrected chi connectivity index (χ1v) is 12.2. The number of rotatable bonds is 9. The molecular weight excluding hydrogens is 404 g/mol. The first-order valence-electron chi connectivity index (χ1n) is 10.6. The molecular formula is C21H32N4O4S. The number of hydrogen-bond acceptors (Lipinski definition) is 5. The topological polar surface area (TPSA) is 105 Å². The Morgan fingerprint density at radius 3 is 2.87 bits per heavy atom. The summed E-state index contributed by atoms with van der Waals surface area (Å²) in [4.78, 5) is 4.42. The van der Waals surface area contributed by atoms with Crippen molar-refractivity contribution < 1.29 is 17.6 Å². The van der Waals surface area contributed by atoms with Gasteiger partial charge >= 0.3 is 0 Å². The van der Waals surface area contributed by atoms with Crippen LogP contribution in [0.2, 0.25) is 0 Å². The fourth-order valence-electron chi connectivity index (χ4n) is 3.35. The number of para-hydroxylation sites is 1. The van der Waals surface area contributed by atoms with E-state index in [0.29, 0.717) is 25.7 Å². The van der Waals surface area contributed by atoms with Crippen molar-refractivity contribution in [3.63, 3.8) is 0 Å². The highest BCUT2D eigenvalue weighted by atomic mass is 32.2. The van der Waals surface area contributed by atoms with Gasteiger partial charge in [-0.05, 0) is 45.2 Å². The van der Waals surface area contributed by atoms with Gasteiger partial charge in [0, 0.05) is 25.1 Å². The second-order valence-corrected chi connectivity index (χ2v) is 9.40. The predicted molar refractivity (Wildman–Crippen MR) is 119 cm³/mol. The minimum Gasteiger partial charge on any atom is -0.459 e. The second-order valence-electron chi connectivity index (χ2n) is 7.47. The maximum Gasteiger partial charge on any atom is 0.213 e. The third-order valence-electron chi connectivity index (χ3n) is 5.00. The zero-order valence-corrected chi connectivity index (χ0v) is 18.5. The van der Waals surface area contributed by atoms with Gasteiger partial charge in [0.05, 0.1) is 24.4 Å². The molecule has 3 rings (SSSR count). The third-order valence-corrected chi connectivity index (χ3v) is 6.33. The van der Waals surface area contributed by atoms with Crippen molar-refractivity contribution in [2.45, 2.75) is 45.3 Å². The van der Waals surface area contributed by atoms with Crippen LogP contribution < -0.4 is 15.4 Å². The molecule has 1 aromatic heterocycles. The highest BCUT2D eigenvalue weighted by molar-refractivity contribution is 7.89. The molecule has 3 N–H and O–H groups in total. The van der Waals surface area contributed by atoms with Gasteiger partial charge in [-0.25, -0.2) is 13.1 Å². The normalized spacial score (nSPS) is 19.0. The van der Waals surface area contributed by atoms with Gasteiger partial charge in [0.2, 0.25) is 10.0 Å². The van der Waals surface area contributed by atoms with E-state index in [1.165, 1.54) is 0 Å². The zero-order valence-electron chi connectivity index (χ0n) is 17.7. The van der Waals surface area contributed by atoms with Gasteiger partial charge in [0.25, 0.3) is 0 Å². The largest absolute Gasteiger partial charge is 0.459 e. The van der Waals surface area contributed by atoms with E-state index < -0.39 is 10.0 Å². The fraction of sp³-hybridized carbons (Fsp3) is 0.571. The lowest BCUT2D eigenvalue weighted by atomic mass is 10.1. The van der Waals surface area contributed by atoms with Crippen LogP contribution in [-0.2, 0) is 14.8 Å². The lowest BCUT2D eigenvalue weighted by molar-refractivity contribution is 0.0200. The van der Waals surface area contributed by atoms with Crippen LogP contribution in [0.4, 0.5) is 0 Å². The Bertz CT molecular complexity index is 902. The summed E-state index contributed by atoms with van der Waals surface area (Å²) in [6.07, 6.45) is 3.00. The van der Waals surface area contributed by atoms with Crippen LogP contribution in [0, 0.1) is 0 Å². The third kappa shape index (κ3) is 6.72. The Morgan fingerprint density at radius 1 is 1.30 bits per heavy atom. The van der Waals surface area contributed by atoms with Gasteiger partial charge in [0.15, 0.2) is 5.96 Å². The Hall–Kier alpha value is -2.10. The number of benzene rings is 1. The van der Waals surface area contributed by atoms with Crippen molar-refractivity contribution in [3.05, 3.63) is 36.1 Å². The summed E-state index contributed by atoms with van der Waals surface area (Å²) >= 11 is 0. The molecule has 30 heavy (non-hydrogen) atoms. The average Bonchev–Trinajstić information content (AvgIpc) is 3.18. The van der Waals surface area contributed by atoms with Crippen LogP contribution in [0.3, 0.4) is 0 Å². The van der Waals surface area contributed by atoms with Crippen molar-refractivity contribution in [2.75, 3.05) is 32.0 Å². The van der Waals surface area contributed by atoms with Gasteiger partial charge in [-0.2, -0.15) is 0 Å². The molecule has 2 aromatic rings. The van der Waals surface area contributed by atoms with Crippen molar-refractivity contribution in [2.24, 2.45) is 4.99 Å². The van der Waals surface area contributed by atoms with Crippen molar-refractivity contribution in [1.29, 1.82) is 0 Å². The maximum atomic E-state index is 12.3. The molecule has 0 bridgehead atoms. The molecule has 0 aliphatic carbocycles. The standard InChI is InChI=1S/C21H32N4O4S/c1-3-22-21(25-16(2)20-14-17-8-4-5-10-19(17)29-20)23-11-13-30(26,27)24-15-18-9-6-7-12-28-18/h4-5,8,10,14,16,18,24H,3,6-7,9,11-13,15H2,1-2H3,(H2,22,23,25). The highest BCUT2D eigenvalue weighted by Crippen LogP contribution is 2.23. The molecule has 9 heteroatoms. The molecule has 1 fully saturated rings. The molecule has 0 radical (unpaired) electrons. The van der Waals surface area contributed by atoms with Gasteiger partial charge in [-0.15, -0.1) is 0 Å². The van der Waals surface area contributed by atoms with Crippen LogP contribution >= 0.6 is 0 Å². The molecule has 1 aromatic carbocycles. The van der Waals surface area contributed by atoms with Crippen molar-refractivity contribution >= 4 is 27.0 Å². The molecule has 1 saturated heterocycles. The van der Waals surface area contributed by atoms with Crippen LogP contribution in [0.5, 0.6) is 0 Å². The minimum atomic E-state index is -3.40. The molecule has 0 amide bonds. The van der Waals surface area contributed by atoms with Gasteiger partial charge in [0.1, 0.15) is 11.3 Å². The van der Waals surface area contributed by atoms with Crippen LogP contribution in [0.1, 0.15) is 44.9 Å². The summed E-state index contributed by atoms with van der Waals surface area (Å²) in [5, 5.41) is 7.47. The maximum absolute atomic E-state index is 12.3. The summed E-state index contributed by atoms with van der Waals surface area (Å²) < 4.78 is 38.6. The summed E-state index contributed by atoms with van der Waals surface area (Å²) in [6.45, 7) is 5.80. The molecule has 2 heterocycles. The van der Waals surface area contributed by atoms with Crippen LogP contribution in [-0.4, -0.2) is 52.5 Å². The van der Waals surface area contributed by atoms with Gasteiger partial charge < -0.3 is 19.8 Å². The molecule has 2 atom stereocenters. The number of nitrogens with zero attached hydrogens (tertiary/aromatic N) is 1.